The summed E-state index contributed by atoms with van der Waals surface area (Å²) in [6.07, 6.45) is 1.85. The summed E-state index contributed by atoms with van der Waals surface area (Å²) in [5.41, 5.74) is 0.537. The van der Waals surface area contributed by atoms with Crippen LogP contribution < -0.4 is 0 Å². The molecule has 0 aliphatic carbocycles. The van der Waals surface area contributed by atoms with Gasteiger partial charge in [-0.3, -0.25) is 9.59 Å². The second-order valence-corrected chi connectivity index (χ2v) is 6.43. The number of aromatic nitrogens is 1. The van der Waals surface area contributed by atoms with E-state index in [9.17, 15) is 14.7 Å². The number of hydrogen-bond donors (Lipinski definition) is 1. The summed E-state index contributed by atoms with van der Waals surface area (Å²) in [6.45, 7) is 4.37. The normalized spacial score (nSPS) is 21.8. The summed E-state index contributed by atoms with van der Waals surface area (Å²) in [7, 11) is 1.63. The number of amides is 1. The van der Waals surface area contributed by atoms with E-state index in [-0.39, 0.29) is 25.2 Å². The van der Waals surface area contributed by atoms with Gasteiger partial charge in [0, 0.05) is 23.8 Å². The van der Waals surface area contributed by atoms with E-state index in [2.05, 4.69) is 15.9 Å². The average molecular weight is 359 g/mol. The number of hydrogen-bond acceptors (Lipinski definition) is 3. The van der Waals surface area contributed by atoms with E-state index in [1.54, 1.807) is 13.1 Å². The molecule has 21 heavy (non-hydrogen) atoms. The summed E-state index contributed by atoms with van der Waals surface area (Å²) in [5, 5.41) is 9.20. The van der Waals surface area contributed by atoms with Crippen molar-refractivity contribution in [2.45, 2.75) is 25.9 Å². The molecule has 2 heterocycles. The Morgan fingerprint density at radius 3 is 2.71 bits per heavy atom. The first-order chi connectivity index (χ1) is 9.82. The van der Waals surface area contributed by atoms with E-state index in [4.69, 9.17) is 4.74 Å². The van der Waals surface area contributed by atoms with Gasteiger partial charge in [0.25, 0.3) is 5.91 Å². The van der Waals surface area contributed by atoms with Crippen LogP contribution in [0.1, 0.15) is 30.4 Å². The second-order valence-electron chi connectivity index (χ2n) is 5.51. The lowest BCUT2D eigenvalue weighted by molar-refractivity contribution is -0.142. The summed E-state index contributed by atoms with van der Waals surface area (Å²) < 4.78 is 7.92. The lowest BCUT2D eigenvalue weighted by Gasteiger charge is -2.27. The number of carboxylic acids is 1. The van der Waals surface area contributed by atoms with Crippen LogP contribution in [0.25, 0.3) is 0 Å². The van der Waals surface area contributed by atoms with E-state index in [1.165, 1.54) is 4.90 Å². The van der Waals surface area contributed by atoms with Crippen molar-refractivity contribution < 1.29 is 19.4 Å². The number of ether oxygens (including phenoxy) is 1. The van der Waals surface area contributed by atoms with E-state index in [0.29, 0.717) is 5.69 Å². The molecular formula is C14H19BrN2O4. The molecule has 2 rings (SSSR count). The van der Waals surface area contributed by atoms with Gasteiger partial charge in [0.2, 0.25) is 0 Å². The number of carbonyl (C=O) groups is 2. The molecule has 1 aromatic rings. The van der Waals surface area contributed by atoms with Crippen molar-refractivity contribution in [1.82, 2.24) is 9.47 Å². The Hall–Kier alpha value is -1.34. The topological polar surface area (TPSA) is 71.8 Å². The average Bonchev–Trinajstić information content (AvgIpc) is 3.02. The third-order valence-corrected chi connectivity index (χ3v) is 4.21. The molecule has 1 aromatic heterocycles. The summed E-state index contributed by atoms with van der Waals surface area (Å²) >= 11 is 3.38. The number of halogens is 1. The molecule has 1 amide bonds. The summed E-state index contributed by atoms with van der Waals surface area (Å²) in [6, 6.07) is 1.45. The van der Waals surface area contributed by atoms with Crippen molar-refractivity contribution >= 4 is 27.8 Å². The van der Waals surface area contributed by atoms with Gasteiger partial charge in [-0.05, 0) is 35.8 Å². The lowest BCUT2D eigenvalue weighted by atomic mass is 10.0. The van der Waals surface area contributed by atoms with E-state index in [0.717, 1.165) is 4.47 Å². The van der Waals surface area contributed by atoms with Crippen LogP contribution in [0.4, 0.5) is 0 Å². The molecule has 0 bridgehead atoms. The van der Waals surface area contributed by atoms with E-state index < -0.39 is 17.9 Å². The predicted molar refractivity (Wildman–Crippen MR) is 80.3 cm³/mol. The molecule has 0 aromatic carbocycles. The van der Waals surface area contributed by atoms with E-state index >= 15 is 0 Å². The Bertz CT molecular complexity index is 555. The van der Waals surface area contributed by atoms with Crippen LogP contribution in [-0.2, 0) is 9.53 Å². The lowest BCUT2D eigenvalue weighted by Crippen LogP contribution is -2.44. The van der Waals surface area contributed by atoms with Crippen LogP contribution in [0.3, 0.4) is 0 Å². The quantitative estimate of drug-likeness (QED) is 0.893. The molecule has 1 aliphatic heterocycles. The highest BCUT2D eigenvalue weighted by atomic mass is 79.9. The first kappa shape index (κ1) is 16.0. The van der Waals surface area contributed by atoms with Crippen molar-refractivity contribution in [3.05, 3.63) is 22.4 Å². The van der Waals surface area contributed by atoms with Crippen LogP contribution in [0, 0.1) is 5.92 Å². The molecule has 2 atom stereocenters. The van der Waals surface area contributed by atoms with Gasteiger partial charge in [0.05, 0.1) is 19.3 Å². The SMILES string of the molecule is CC(C)n1cc(Br)cc1C(=O)N(C)C1COCC1C(=O)O. The maximum atomic E-state index is 12.7. The third kappa shape index (κ3) is 3.13. The van der Waals surface area contributed by atoms with Gasteiger partial charge >= 0.3 is 5.97 Å². The van der Waals surface area contributed by atoms with Crippen LogP contribution in [-0.4, -0.2) is 52.8 Å². The van der Waals surface area contributed by atoms with Crippen molar-refractivity contribution in [3.8, 4) is 0 Å². The Morgan fingerprint density at radius 2 is 2.14 bits per heavy atom. The first-order valence-corrected chi connectivity index (χ1v) is 7.57. The standard InChI is InChI=1S/C14H19BrN2O4/c1-8(2)17-5-9(15)4-11(17)13(18)16(3)12-7-21-6-10(12)14(19)20/h4-5,8,10,12H,6-7H2,1-3H3,(H,19,20). The number of rotatable bonds is 4. The molecule has 0 spiro atoms. The van der Waals surface area contributed by atoms with Crippen molar-refractivity contribution in [2.75, 3.05) is 20.3 Å². The van der Waals surface area contributed by atoms with Crippen molar-refractivity contribution in [1.29, 1.82) is 0 Å². The number of nitrogens with zero attached hydrogens (tertiary/aromatic N) is 2. The largest absolute Gasteiger partial charge is 0.481 e. The number of aliphatic carboxylic acids is 1. The maximum Gasteiger partial charge on any atom is 0.311 e. The summed E-state index contributed by atoms with van der Waals surface area (Å²) in [4.78, 5) is 25.4. The predicted octanol–water partition coefficient (Wildman–Crippen LogP) is 2.00. The molecule has 0 radical (unpaired) electrons. The van der Waals surface area contributed by atoms with Gasteiger partial charge in [-0.25, -0.2) is 0 Å². The minimum Gasteiger partial charge on any atom is -0.481 e. The number of likely N-dealkylation sites (N-methyl/N-ethyl adjacent to an activating group) is 1. The van der Waals surface area contributed by atoms with Crippen molar-refractivity contribution in [2.24, 2.45) is 5.92 Å². The minimum absolute atomic E-state index is 0.138. The van der Waals surface area contributed by atoms with Gasteiger partial charge in [-0.2, -0.15) is 0 Å². The zero-order valence-corrected chi connectivity index (χ0v) is 13.8. The van der Waals surface area contributed by atoms with Crippen LogP contribution in [0.15, 0.2) is 16.7 Å². The van der Waals surface area contributed by atoms with Crippen LogP contribution in [0.5, 0.6) is 0 Å². The monoisotopic (exact) mass is 358 g/mol. The fraction of sp³-hybridized carbons (Fsp3) is 0.571. The third-order valence-electron chi connectivity index (χ3n) is 3.78. The molecule has 2 unspecified atom stereocenters. The molecule has 1 N–H and O–H groups in total. The smallest absolute Gasteiger partial charge is 0.311 e. The number of carbonyl (C=O) groups excluding carboxylic acids is 1. The van der Waals surface area contributed by atoms with E-state index in [1.807, 2.05) is 24.6 Å². The molecule has 1 saturated heterocycles. The second kappa shape index (κ2) is 6.19. The molecule has 1 aliphatic rings. The molecule has 116 valence electrons. The molecule has 6 nitrogen and oxygen atoms in total. The molecular weight excluding hydrogens is 340 g/mol. The first-order valence-electron chi connectivity index (χ1n) is 6.78. The molecule has 1 fully saturated rings. The highest BCUT2D eigenvalue weighted by molar-refractivity contribution is 9.10. The maximum absolute atomic E-state index is 12.7. The number of carboxylic acid groups (broad SMARTS) is 1. The van der Waals surface area contributed by atoms with Gasteiger partial charge in [-0.1, -0.05) is 0 Å². The van der Waals surface area contributed by atoms with Crippen LogP contribution in [0.2, 0.25) is 0 Å². The fourth-order valence-corrected chi connectivity index (χ4v) is 2.97. The molecule has 7 heteroatoms. The van der Waals surface area contributed by atoms with Gasteiger partial charge < -0.3 is 19.3 Å². The van der Waals surface area contributed by atoms with Gasteiger partial charge in [0.15, 0.2) is 0 Å². The van der Waals surface area contributed by atoms with Gasteiger partial charge in [0.1, 0.15) is 11.6 Å². The Kier molecular flexibility index (Phi) is 4.73. The fourth-order valence-electron chi connectivity index (χ4n) is 2.54. The highest BCUT2D eigenvalue weighted by Crippen LogP contribution is 2.24. The Balaban J connectivity index is 2.25. The summed E-state index contributed by atoms with van der Waals surface area (Å²) in [5.74, 6) is -1.81. The minimum atomic E-state index is -0.933. The Morgan fingerprint density at radius 1 is 1.48 bits per heavy atom. The van der Waals surface area contributed by atoms with Crippen molar-refractivity contribution in [3.63, 3.8) is 0 Å². The highest BCUT2D eigenvalue weighted by Gasteiger charge is 2.39. The Labute approximate surface area is 131 Å². The zero-order valence-electron chi connectivity index (χ0n) is 12.2. The zero-order chi connectivity index (χ0) is 15.7. The molecule has 0 saturated carbocycles. The van der Waals surface area contributed by atoms with Gasteiger partial charge in [-0.15, -0.1) is 0 Å². The van der Waals surface area contributed by atoms with Crippen LogP contribution >= 0.6 is 15.9 Å².